The van der Waals surface area contributed by atoms with E-state index in [2.05, 4.69) is 25.8 Å². The highest BCUT2D eigenvalue weighted by atomic mass is 19.4. The number of nitrogens with one attached hydrogen (secondary N) is 2. The van der Waals surface area contributed by atoms with Crippen LogP contribution in [-0.4, -0.2) is 35.9 Å². The third kappa shape index (κ3) is 5.51. The minimum atomic E-state index is -4.19. The molecule has 9 heteroatoms. The highest BCUT2D eigenvalue weighted by molar-refractivity contribution is 5.79. The molecule has 0 atom stereocenters. The van der Waals surface area contributed by atoms with Gasteiger partial charge in [-0.05, 0) is 6.92 Å². The lowest BCUT2D eigenvalue weighted by molar-refractivity contribution is -0.132. The van der Waals surface area contributed by atoms with E-state index in [9.17, 15) is 13.2 Å². The standard InChI is InChI=1S/C9H14F3N5O/c1-6-16-7(18-17-6)5-15-8(13-2)14-4-3-9(10,11)12/h3-5H2,1-2H3,(H2,13,14,15). The molecule has 0 aromatic carbocycles. The first-order chi connectivity index (χ1) is 8.40. The summed E-state index contributed by atoms with van der Waals surface area (Å²) in [4.78, 5) is 7.70. The van der Waals surface area contributed by atoms with E-state index in [1.807, 2.05) is 0 Å². The highest BCUT2D eigenvalue weighted by Gasteiger charge is 2.26. The lowest BCUT2D eigenvalue weighted by atomic mass is 10.4. The Balaban J connectivity index is 2.30. The number of halogens is 3. The second-order valence-electron chi connectivity index (χ2n) is 3.45. The molecule has 0 saturated carbocycles. The number of aryl methyl sites for hydroxylation is 1. The predicted octanol–water partition coefficient (Wildman–Crippen LogP) is 0.995. The number of aliphatic imine (C=N–C) groups is 1. The summed E-state index contributed by atoms with van der Waals surface area (Å²) >= 11 is 0. The summed E-state index contributed by atoms with van der Waals surface area (Å²) in [7, 11) is 1.46. The molecule has 0 aliphatic heterocycles. The number of hydrogen-bond donors (Lipinski definition) is 2. The summed E-state index contributed by atoms with van der Waals surface area (Å²) in [6, 6.07) is 0. The zero-order chi connectivity index (χ0) is 13.6. The second-order valence-corrected chi connectivity index (χ2v) is 3.45. The molecular weight excluding hydrogens is 251 g/mol. The Morgan fingerprint density at radius 1 is 1.39 bits per heavy atom. The molecule has 0 amide bonds. The predicted molar refractivity (Wildman–Crippen MR) is 57.9 cm³/mol. The smallest absolute Gasteiger partial charge is 0.356 e. The molecule has 0 spiro atoms. The van der Waals surface area contributed by atoms with Crippen LogP contribution in [0.3, 0.4) is 0 Å². The van der Waals surface area contributed by atoms with Crippen molar-refractivity contribution in [3.05, 3.63) is 11.7 Å². The number of rotatable bonds is 4. The van der Waals surface area contributed by atoms with E-state index in [-0.39, 0.29) is 19.0 Å². The Morgan fingerprint density at radius 3 is 2.61 bits per heavy atom. The fraction of sp³-hybridized carbons (Fsp3) is 0.667. The Labute approximate surface area is 102 Å². The number of guanidine groups is 1. The summed E-state index contributed by atoms with van der Waals surface area (Å²) in [6.07, 6.45) is -5.11. The van der Waals surface area contributed by atoms with E-state index in [0.717, 1.165) is 0 Å². The molecule has 1 aromatic heterocycles. The average molecular weight is 265 g/mol. The largest absolute Gasteiger partial charge is 0.390 e. The zero-order valence-corrected chi connectivity index (χ0v) is 10.0. The molecule has 0 saturated heterocycles. The normalized spacial score (nSPS) is 12.6. The topological polar surface area (TPSA) is 75.3 Å². The maximum Gasteiger partial charge on any atom is 0.390 e. The maximum absolute atomic E-state index is 11.9. The fourth-order valence-corrected chi connectivity index (χ4v) is 1.11. The van der Waals surface area contributed by atoms with E-state index >= 15 is 0 Å². The van der Waals surface area contributed by atoms with Gasteiger partial charge in [-0.3, -0.25) is 4.99 Å². The molecule has 18 heavy (non-hydrogen) atoms. The van der Waals surface area contributed by atoms with Crippen LogP contribution in [0.25, 0.3) is 0 Å². The van der Waals surface area contributed by atoms with Crippen molar-refractivity contribution in [2.24, 2.45) is 4.99 Å². The van der Waals surface area contributed by atoms with Crippen molar-refractivity contribution in [1.29, 1.82) is 0 Å². The quantitative estimate of drug-likeness (QED) is 0.627. The van der Waals surface area contributed by atoms with E-state index < -0.39 is 12.6 Å². The van der Waals surface area contributed by atoms with Crippen LogP contribution < -0.4 is 10.6 Å². The average Bonchev–Trinajstić information content (AvgIpc) is 2.67. The van der Waals surface area contributed by atoms with Crippen molar-refractivity contribution >= 4 is 5.96 Å². The van der Waals surface area contributed by atoms with Gasteiger partial charge >= 0.3 is 6.18 Å². The van der Waals surface area contributed by atoms with Gasteiger partial charge in [0.2, 0.25) is 5.89 Å². The fourth-order valence-electron chi connectivity index (χ4n) is 1.11. The number of hydrogen-bond acceptors (Lipinski definition) is 4. The van der Waals surface area contributed by atoms with Gasteiger partial charge in [-0.1, -0.05) is 5.16 Å². The van der Waals surface area contributed by atoms with Gasteiger partial charge < -0.3 is 15.2 Å². The molecule has 2 N–H and O–H groups in total. The molecule has 1 aromatic rings. The molecule has 1 heterocycles. The first kappa shape index (κ1) is 14.3. The van der Waals surface area contributed by atoms with Crippen molar-refractivity contribution in [2.75, 3.05) is 13.6 Å². The molecule has 0 radical (unpaired) electrons. The number of nitrogens with zero attached hydrogens (tertiary/aromatic N) is 3. The van der Waals surface area contributed by atoms with Crippen molar-refractivity contribution < 1.29 is 17.7 Å². The van der Waals surface area contributed by atoms with Crippen LogP contribution >= 0.6 is 0 Å². The molecule has 1 rings (SSSR count). The number of aromatic nitrogens is 2. The Hall–Kier alpha value is -1.80. The van der Waals surface area contributed by atoms with Crippen LogP contribution in [0.1, 0.15) is 18.1 Å². The van der Waals surface area contributed by atoms with Gasteiger partial charge in [-0.15, -0.1) is 0 Å². The molecule has 0 aliphatic rings. The van der Waals surface area contributed by atoms with Crippen molar-refractivity contribution in [2.45, 2.75) is 26.1 Å². The molecular formula is C9H14F3N5O. The maximum atomic E-state index is 11.9. The van der Waals surface area contributed by atoms with Gasteiger partial charge in [-0.25, -0.2) is 0 Å². The molecule has 0 unspecified atom stereocenters. The van der Waals surface area contributed by atoms with Crippen LogP contribution in [0.4, 0.5) is 13.2 Å². The van der Waals surface area contributed by atoms with Crippen LogP contribution in [-0.2, 0) is 6.54 Å². The van der Waals surface area contributed by atoms with Gasteiger partial charge in [0.05, 0.1) is 13.0 Å². The SMILES string of the molecule is CN=C(NCCC(F)(F)F)NCc1nc(C)no1. The van der Waals surface area contributed by atoms with Gasteiger partial charge in [-0.2, -0.15) is 18.2 Å². The van der Waals surface area contributed by atoms with Crippen LogP contribution in [0.5, 0.6) is 0 Å². The van der Waals surface area contributed by atoms with E-state index in [1.54, 1.807) is 6.92 Å². The second kappa shape index (κ2) is 6.22. The van der Waals surface area contributed by atoms with Crippen LogP contribution in [0.2, 0.25) is 0 Å². The summed E-state index contributed by atoms with van der Waals surface area (Å²) < 4.78 is 40.6. The van der Waals surface area contributed by atoms with Crippen LogP contribution in [0, 0.1) is 6.92 Å². The Bertz CT molecular complexity index is 401. The molecule has 6 nitrogen and oxygen atoms in total. The molecule has 0 aliphatic carbocycles. The van der Waals surface area contributed by atoms with Gasteiger partial charge in [0, 0.05) is 13.6 Å². The van der Waals surface area contributed by atoms with E-state index in [1.165, 1.54) is 7.05 Å². The zero-order valence-electron chi connectivity index (χ0n) is 10.0. The van der Waals surface area contributed by atoms with E-state index in [0.29, 0.717) is 11.7 Å². The third-order valence-electron chi connectivity index (χ3n) is 1.90. The Morgan fingerprint density at radius 2 is 2.11 bits per heavy atom. The summed E-state index contributed by atoms with van der Waals surface area (Å²) in [5.74, 6) is 1.08. The van der Waals surface area contributed by atoms with Gasteiger partial charge in [0.1, 0.15) is 0 Å². The van der Waals surface area contributed by atoms with Crippen molar-refractivity contribution in [3.63, 3.8) is 0 Å². The molecule has 0 bridgehead atoms. The van der Waals surface area contributed by atoms with Crippen molar-refractivity contribution in [1.82, 2.24) is 20.8 Å². The highest BCUT2D eigenvalue weighted by Crippen LogP contribution is 2.17. The summed E-state index contributed by atoms with van der Waals surface area (Å²) in [6.45, 7) is 1.63. The lowest BCUT2D eigenvalue weighted by Crippen LogP contribution is -2.38. The summed E-state index contributed by atoms with van der Waals surface area (Å²) in [5.41, 5.74) is 0. The number of alkyl halides is 3. The summed E-state index contributed by atoms with van der Waals surface area (Å²) in [5, 5.41) is 8.87. The third-order valence-corrected chi connectivity index (χ3v) is 1.90. The minimum Gasteiger partial charge on any atom is -0.356 e. The van der Waals surface area contributed by atoms with E-state index in [4.69, 9.17) is 4.52 Å². The first-order valence-electron chi connectivity index (χ1n) is 5.21. The lowest BCUT2D eigenvalue weighted by Gasteiger charge is -2.11. The van der Waals surface area contributed by atoms with Crippen LogP contribution in [0.15, 0.2) is 9.52 Å². The van der Waals surface area contributed by atoms with Crippen molar-refractivity contribution in [3.8, 4) is 0 Å². The van der Waals surface area contributed by atoms with Gasteiger partial charge in [0.15, 0.2) is 11.8 Å². The first-order valence-corrected chi connectivity index (χ1v) is 5.21. The Kier molecular flexibility index (Phi) is 4.93. The monoisotopic (exact) mass is 265 g/mol. The molecule has 0 fully saturated rings. The minimum absolute atomic E-state index is 0.201. The molecule has 102 valence electrons. The van der Waals surface area contributed by atoms with Gasteiger partial charge in [0.25, 0.3) is 0 Å².